The third-order valence-electron chi connectivity index (χ3n) is 5.96. The lowest BCUT2D eigenvalue weighted by Gasteiger charge is -2.27. The second-order valence-corrected chi connectivity index (χ2v) is 12.4. The molecule has 0 saturated carbocycles. The summed E-state index contributed by atoms with van der Waals surface area (Å²) in [5, 5.41) is 28.2. The largest absolute Gasteiger partial charge is 0.444 e. The van der Waals surface area contributed by atoms with E-state index in [1.165, 1.54) is 6.92 Å². The number of likely N-dealkylation sites (N-methyl/N-ethyl adjacent to an activating group) is 2. The van der Waals surface area contributed by atoms with Crippen molar-refractivity contribution in [3.63, 3.8) is 0 Å². The van der Waals surface area contributed by atoms with E-state index in [0.29, 0.717) is 6.42 Å². The molecule has 0 aromatic heterocycles. The smallest absolute Gasteiger partial charge is 0.407 e. The molecule has 5 atom stereocenters. The SMILES string of the molecule is CCNC(=O)[C@@H](NC(=O)[C@H](CCNC(=O)OC(C)(C)C)NC(=O)[C@H](CCNC(=O)OC(C)(C)C)NC(=O)[C@H](CC)NC)[C@@H](C)O. The molecule has 0 saturated heterocycles. The molecule has 0 aliphatic heterocycles. The fourth-order valence-electron chi connectivity index (χ4n) is 3.81. The molecule has 16 nitrogen and oxygen atoms in total. The molecular formula is C29H55N7O9. The van der Waals surface area contributed by atoms with Crippen LogP contribution in [0.4, 0.5) is 9.59 Å². The first-order chi connectivity index (χ1) is 20.7. The molecule has 0 aliphatic carbocycles. The van der Waals surface area contributed by atoms with E-state index >= 15 is 0 Å². The van der Waals surface area contributed by atoms with Crippen molar-refractivity contribution in [1.29, 1.82) is 0 Å². The first-order valence-electron chi connectivity index (χ1n) is 15.2. The minimum Gasteiger partial charge on any atom is -0.444 e. The van der Waals surface area contributed by atoms with E-state index in [1.807, 2.05) is 0 Å². The zero-order valence-electron chi connectivity index (χ0n) is 28.3. The maximum atomic E-state index is 13.5. The maximum absolute atomic E-state index is 13.5. The van der Waals surface area contributed by atoms with E-state index in [4.69, 9.17) is 9.47 Å². The van der Waals surface area contributed by atoms with Crippen molar-refractivity contribution >= 4 is 35.8 Å². The molecule has 0 bridgehead atoms. The molecule has 0 radical (unpaired) electrons. The second-order valence-electron chi connectivity index (χ2n) is 12.4. The van der Waals surface area contributed by atoms with Crippen LogP contribution in [0.15, 0.2) is 0 Å². The predicted octanol–water partition coefficient (Wildman–Crippen LogP) is -0.215. The van der Waals surface area contributed by atoms with Crippen LogP contribution in [0.25, 0.3) is 0 Å². The van der Waals surface area contributed by atoms with Gasteiger partial charge in [0.25, 0.3) is 0 Å². The number of ether oxygens (including phenoxy) is 2. The minimum absolute atomic E-state index is 0.0536. The van der Waals surface area contributed by atoms with Gasteiger partial charge in [-0.25, -0.2) is 9.59 Å². The Morgan fingerprint density at radius 2 is 1.04 bits per heavy atom. The highest BCUT2D eigenvalue weighted by molar-refractivity contribution is 5.95. The molecule has 0 heterocycles. The number of alkyl carbamates (subject to hydrolysis) is 2. The molecule has 0 fully saturated rings. The summed E-state index contributed by atoms with van der Waals surface area (Å²) < 4.78 is 10.4. The number of aliphatic hydroxyl groups excluding tert-OH is 1. The summed E-state index contributed by atoms with van der Waals surface area (Å²) in [4.78, 5) is 76.5. The van der Waals surface area contributed by atoms with Gasteiger partial charge in [-0.1, -0.05) is 6.92 Å². The number of carbonyl (C=O) groups is 6. The Labute approximate surface area is 266 Å². The lowest BCUT2D eigenvalue weighted by atomic mass is 10.1. The van der Waals surface area contributed by atoms with Gasteiger partial charge in [0.05, 0.1) is 12.1 Å². The van der Waals surface area contributed by atoms with Crippen LogP contribution in [0, 0.1) is 0 Å². The molecule has 0 rings (SSSR count). The monoisotopic (exact) mass is 645 g/mol. The number of hydrogen-bond donors (Lipinski definition) is 8. The first kappa shape index (κ1) is 41.3. The van der Waals surface area contributed by atoms with Gasteiger partial charge in [0.2, 0.25) is 23.6 Å². The van der Waals surface area contributed by atoms with Crippen molar-refractivity contribution < 1.29 is 43.3 Å². The Kier molecular flexibility index (Phi) is 18.1. The maximum Gasteiger partial charge on any atom is 0.407 e. The van der Waals surface area contributed by atoms with Crippen LogP contribution in [0.1, 0.15) is 81.6 Å². The van der Waals surface area contributed by atoms with Crippen LogP contribution >= 0.6 is 0 Å². The van der Waals surface area contributed by atoms with Gasteiger partial charge in [-0.15, -0.1) is 0 Å². The summed E-state index contributed by atoms with van der Waals surface area (Å²) >= 11 is 0. The average molecular weight is 646 g/mol. The van der Waals surface area contributed by atoms with Crippen molar-refractivity contribution in [3.8, 4) is 0 Å². The van der Waals surface area contributed by atoms with Crippen LogP contribution in [0.3, 0.4) is 0 Å². The van der Waals surface area contributed by atoms with E-state index in [9.17, 15) is 33.9 Å². The van der Waals surface area contributed by atoms with Crippen LogP contribution in [0.2, 0.25) is 0 Å². The first-order valence-corrected chi connectivity index (χ1v) is 15.2. The van der Waals surface area contributed by atoms with Gasteiger partial charge in [-0.3, -0.25) is 19.2 Å². The highest BCUT2D eigenvalue weighted by Crippen LogP contribution is 2.08. The van der Waals surface area contributed by atoms with Gasteiger partial charge >= 0.3 is 12.2 Å². The summed E-state index contributed by atoms with van der Waals surface area (Å²) in [5.74, 6) is -2.68. The topological polar surface area (TPSA) is 225 Å². The molecule has 0 unspecified atom stereocenters. The molecule has 0 aromatic rings. The van der Waals surface area contributed by atoms with E-state index in [-0.39, 0.29) is 32.5 Å². The average Bonchev–Trinajstić information content (AvgIpc) is 2.88. The highest BCUT2D eigenvalue weighted by Gasteiger charge is 2.32. The van der Waals surface area contributed by atoms with E-state index in [0.717, 1.165) is 0 Å². The minimum atomic E-state index is -1.33. The van der Waals surface area contributed by atoms with Crippen LogP contribution < -0.4 is 37.2 Å². The molecular weight excluding hydrogens is 590 g/mol. The van der Waals surface area contributed by atoms with Gasteiger partial charge in [-0.05, 0) is 81.7 Å². The van der Waals surface area contributed by atoms with Crippen LogP contribution in [0.5, 0.6) is 0 Å². The molecule has 16 heteroatoms. The number of carbonyl (C=O) groups excluding carboxylic acids is 6. The quantitative estimate of drug-likeness (QED) is 0.104. The highest BCUT2D eigenvalue weighted by atomic mass is 16.6. The van der Waals surface area contributed by atoms with Gasteiger partial charge < -0.3 is 51.8 Å². The van der Waals surface area contributed by atoms with E-state index < -0.39 is 77.3 Å². The fraction of sp³-hybridized carbons (Fsp3) is 0.793. The Morgan fingerprint density at radius 3 is 1.38 bits per heavy atom. The summed E-state index contributed by atoms with van der Waals surface area (Å²) in [6.07, 6.45) is -2.49. The second kappa shape index (κ2) is 19.7. The number of hydrogen-bond acceptors (Lipinski definition) is 10. The predicted molar refractivity (Wildman–Crippen MR) is 167 cm³/mol. The lowest BCUT2D eigenvalue weighted by Crippen LogP contribution is -2.60. The van der Waals surface area contributed by atoms with Gasteiger partial charge in [0.15, 0.2) is 0 Å². The third kappa shape index (κ3) is 18.0. The van der Waals surface area contributed by atoms with Crippen molar-refractivity contribution in [3.05, 3.63) is 0 Å². The molecule has 260 valence electrons. The standard InChI is InChI=1S/C29H55N7O9/c1-11-18(30-10)22(38)34-19(13-15-32-26(42)44-28(4,5)6)23(39)35-20(14-16-33-27(43)45-29(7,8)9)24(40)36-21(17(3)37)25(41)31-12-2/h17-21,30,37H,11-16H2,1-10H3,(H,31,41)(H,32,42)(H,33,43)(H,34,38)(H,35,39)(H,36,40)/t17-,18+,19+,20+,21+/m1/s1. The van der Waals surface area contributed by atoms with Gasteiger partial charge in [0.1, 0.15) is 29.3 Å². The molecule has 45 heavy (non-hydrogen) atoms. The number of amides is 6. The molecule has 0 aliphatic rings. The van der Waals surface area contributed by atoms with Crippen LogP contribution in [-0.4, -0.2) is 109 Å². The summed E-state index contributed by atoms with van der Waals surface area (Å²) in [7, 11) is 1.60. The van der Waals surface area contributed by atoms with Crippen molar-refractivity contribution in [1.82, 2.24) is 37.2 Å². The third-order valence-corrected chi connectivity index (χ3v) is 5.96. The van der Waals surface area contributed by atoms with E-state index in [2.05, 4.69) is 37.2 Å². The van der Waals surface area contributed by atoms with Crippen molar-refractivity contribution in [2.75, 3.05) is 26.7 Å². The lowest BCUT2D eigenvalue weighted by molar-refractivity contribution is -0.135. The molecule has 6 amide bonds. The number of aliphatic hydroxyl groups is 1. The normalized spacial score (nSPS) is 14.8. The Balaban J connectivity index is 6.01. The number of nitrogens with one attached hydrogen (secondary N) is 7. The fourth-order valence-corrected chi connectivity index (χ4v) is 3.81. The molecule has 0 aromatic carbocycles. The molecule has 0 spiro atoms. The Hall–Kier alpha value is -3.66. The number of rotatable bonds is 17. The zero-order chi connectivity index (χ0) is 35.0. The van der Waals surface area contributed by atoms with Gasteiger partial charge in [0, 0.05) is 19.6 Å². The van der Waals surface area contributed by atoms with Crippen molar-refractivity contribution in [2.45, 2.75) is 123 Å². The Morgan fingerprint density at radius 1 is 0.644 bits per heavy atom. The Bertz CT molecular complexity index is 990. The zero-order valence-corrected chi connectivity index (χ0v) is 28.3. The summed E-state index contributed by atoms with van der Waals surface area (Å²) in [6, 6.07) is -4.45. The summed E-state index contributed by atoms with van der Waals surface area (Å²) in [6.45, 7) is 15.0. The van der Waals surface area contributed by atoms with Gasteiger partial charge in [-0.2, -0.15) is 0 Å². The summed E-state index contributed by atoms with van der Waals surface area (Å²) in [5.41, 5.74) is -1.52. The molecule has 8 N–H and O–H groups in total. The van der Waals surface area contributed by atoms with Crippen molar-refractivity contribution in [2.24, 2.45) is 0 Å². The van der Waals surface area contributed by atoms with Crippen LogP contribution in [-0.2, 0) is 28.7 Å². The van der Waals surface area contributed by atoms with E-state index in [1.54, 1.807) is 62.4 Å².